The van der Waals surface area contributed by atoms with Gasteiger partial charge in [-0.25, -0.2) is 4.79 Å². The van der Waals surface area contributed by atoms with Crippen LogP contribution in [0.4, 0.5) is 4.79 Å². The van der Waals surface area contributed by atoms with Crippen LogP contribution in [0.15, 0.2) is 0 Å². The van der Waals surface area contributed by atoms with Crippen molar-refractivity contribution in [3.05, 3.63) is 0 Å². The third-order valence-corrected chi connectivity index (χ3v) is 3.65. The van der Waals surface area contributed by atoms with E-state index in [4.69, 9.17) is 4.74 Å². The lowest BCUT2D eigenvalue weighted by Crippen LogP contribution is -2.40. The van der Waals surface area contributed by atoms with Gasteiger partial charge in [0.2, 0.25) is 0 Å². The number of hydrogen-bond acceptors (Lipinski definition) is 3. The van der Waals surface area contributed by atoms with E-state index < -0.39 is 5.60 Å². The summed E-state index contributed by atoms with van der Waals surface area (Å²) < 4.78 is 5.36. The lowest BCUT2D eigenvalue weighted by Gasteiger charge is -2.27. The fourth-order valence-corrected chi connectivity index (χ4v) is 2.44. The number of nitrogens with one attached hydrogen (secondary N) is 1. The second kappa shape index (κ2) is 7.30. The van der Waals surface area contributed by atoms with Crippen LogP contribution >= 0.6 is 0 Å². The molecule has 0 bridgehead atoms. The molecule has 4 heteroatoms. The Morgan fingerprint density at radius 1 is 1.40 bits per heavy atom. The van der Waals surface area contributed by atoms with E-state index in [9.17, 15) is 4.79 Å². The van der Waals surface area contributed by atoms with Gasteiger partial charge in [0.25, 0.3) is 0 Å². The van der Waals surface area contributed by atoms with E-state index in [2.05, 4.69) is 19.2 Å². The first-order valence-corrected chi connectivity index (χ1v) is 7.90. The van der Waals surface area contributed by atoms with Crippen LogP contribution in [0.5, 0.6) is 0 Å². The summed E-state index contributed by atoms with van der Waals surface area (Å²) in [5, 5.41) is 3.64. The van der Waals surface area contributed by atoms with Crippen LogP contribution in [0.3, 0.4) is 0 Å². The summed E-state index contributed by atoms with van der Waals surface area (Å²) >= 11 is 0. The first-order valence-electron chi connectivity index (χ1n) is 7.90. The lowest BCUT2D eigenvalue weighted by molar-refractivity contribution is 0.0276. The van der Waals surface area contributed by atoms with Gasteiger partial charge >= 0.3 is 6.09 Å². The highest BCUT2D eigenvalue weighted by Crippen LogP contribution is 2.33. The highest BCUT2D eigenvalue weighted by molar-refractivity contribution is 5.67. The average molecular weight is 284 g/mol. The van der Waals surface area contributed by atoms with Gasteiger partial charge in [-0.3, -0.25) is 0 Å². The van der Waals surface area contributed by atoms with E-state index in [1.807, 2.05) is 27.8 Å². The Bertz CT molecular complexity index is 308. The van der Waals surface area contributed by atoms with E-state index in [0.717, 1.165) is 19.0 Å². The van der Waals surface area contributed by atoms with Crippen molar-refractivity contribution >= 4 is 6.09 Å². The van der Waals surface area contributed by atoms with Crippen molar-refractivity contribution in [2.45, 2.75) is 65.5 Å². The standard InChI is InChI=1S/C16H32N2O2/c1-7-14(13-8-9-13)17-10-12(2)11-18(6)15(19)20-16(3,4)5/h12-14,17H,7-11H2,1-6H3. The normalized spacial score (nSPS) is 18.5. The molecule has 0 radical (unpaired) electrons. The van der Waals surface area contributed by atoms with Crippen LogP contribution in [0.1, 0.15) is 53.9 Å². The number of amides is 1. The van der Waals surface area contributed by atoms with Crippen LogP contribution in [0.2, 0.25) is 0 Å². The molecule has 1 saturated carbocycles. The molecular weight excluding hydrogens is 252 g/mol. The fraction of sp³-hybridized carbons (Fsp3) is 0.938. The Kier molecular flexibility index (Phi) is 6.31. The molecular formula is C16H32N2O2. The molecule has 0 saturated heterocycles. The van der Waals surface area contributed by atoms with Crippen molar-refractivity contribution in [2.24, 2.45) is 11.8 Å². The molecule has 1 fully saturated rings. The van der Waals surface area contributed by atoms with Crippen molar-refractivity contribution in [3.8, 4) is 0 Å². The van der Waals surface area contributed by atoms with Gasteiger partial charge in [0, 0.05) is 19.6 Å². The largest absolute Gasteiger partial charge is 0.444 e. The SMILES string of the molecule is CCC(NCC(C)CN(C)C(=O)OC(C)(C)C)C1CC1. The van der Waals surface area contributed by atoms with Gasteiger partial charge in [-0.1, -0.05) is 13.8 Å². The maximum absolute atomic E-state index is 11.9. The second-order valence-electron chi connectivity index (χ2n) is 7.23. The van der Waals surface area contributed by atoms with Crippen molar-refractivity contribution < 1.29 is 9.53 Å². The molecule has 1 amide bonds. The number of carbonyl (C=O) groups is 1. The fourth-order valence-electron chi connectivity index (χ4n) is 2.44. The van der Waals surface area contributed by atoms with Crippen molar-refractivity contribution in [1.29, 1.82) is 0 Å². The van der Waals surface area contributed by atoms with Crippen LogP contribution in [-0.4, -0.2) is 42.8 Å². The van der Waals surface area contributed by atoms with E-state index in [1.165, 1.54) is 19.3 Å². The predicted molar refractivity (Wildman–Crippen MR) is 82.8 cm³/mol. The van der Waals surface area contributed by atoms with E-state index >= 15 is 0 Å². The Morgan fingerprint density at radius 3 is 2.45 bits per heavy atom. The van der Waals surface area contributed by atoms with Gasteiger partial charge in [0.1, 0.15) is 5.60 Å². The second-order valence-corrected chi connectivity index (χ2v) is 7.23. The summed E-state index contributed by atoms with van der Waals surface area (Å²) in [4.78, 5) is 13.6. The summed E-state index contributed by atoms with van der Waals surface area (Å²) in [5.41, 5.74) is -0.424. The average Bonchev–Trinajstić information content (AvgIpc) is 3.11. The maximum Gasteiger partial charge on any atom is 0.410 e. The number of ether oxygens (including phenoxy) is 1. The molecule has 0 spiro atoms. The van der Waals surface area contributed by atoms with Crippen LogP contribution in [0, 0.1) is 11.8 Å². The minimum absolute atomic E-state index is 0.237. The molecule has 0 aliphatic heterocycles. The molecule has 1 aliphatic rings. The highest BCUT2D eigenvalue weighted by Gasteiger charge is 2.29. The zero-order chi connectivity index (χ0) is 15.3. The Morgan fingerprint density at radius 2 is 2.00 bits per heavy atom. The zero-order valence-corrected chi connectivity index (χ0v) is 14.0. The zero-order valence-electron chi connectivity index (χ0n) is 14.0. The van der Waals surface area contributed by atoms with Crippen LogP contribution in [-0.2, 0) is 4.74 Å². The molecule has 20 heavy (non-hydrogen) atoms. The van der Waals surface area contributed by atoms with Gasteiger partial charge < -0.3 is 15.0 Å². The van der Waals surface area contributed by atoms with Gasteiger partial charge in [-0.15, -0.1) is 0 Å². The van der Waals surface area contributed by atoms with Crippen molar-refractivity contribution in [1.82, 2.24) is 10.2 Å². The maximum atomic E-state index is 11.9. The van der Waals surface area contributed by atoms with E-state index in [-0.39, 0.29) is 6.09 Å². The summed E-state index contributed by atoms with van der Waals surface area (Å²) in [6, 6.07) is 0.657. The van der Waals surface area contributed by atoms with E-state index in [0.29, 0.717) is 12.0 Å². The van der Waals surface area contributed by atoms with Gasteiger partial charge in [0.15, 0.2) is 0 Å². The number of hydrogen-bond donors (Lipinski definition) is 1. The highest BCUT2D eigenvalue weighted by atomic mass is 16.6. The third-order valence-electron chi connectivity index (χ3n) is 3.65. The molecule has 1 aliphatic carbocycles. The summed E-state index contributed by atoms with van der Waals surface area (Å²) in [5.74, 6) is 1.32. The van der Waals surface area contributed by atoms with Crippen molar-refractivity contribution in [3.63, 3.8) is 0 Å². The van der Waals surface area contributed by atoms with Gasteiger partial charge in [0.05, 0.1) is 0 Å². The van der Waals surface area contributed by atoms with Crippen molar-refractivity contribution in [2.75, 3.05) is 20.1 Å². The Hall–Kier alpha value is -0.770. The molecule has 118 valence electrons. The molecule has 0 aromatic carbocycles. The number of rotatable bonds is 7. The topological polar surface area (TPSA) is 41.6 Å². The molecule has 0 heterocycles. The first-order chi connectivity index (χ1) is 9.23. The molecule has 1 rings (SSSR count). The summed E-state index contributed by atoms with van der Waals surface area (Å²) in [6.07, 6.45) is 3.70. The monoisotopic (exact) mass is 284 g/mol. The molecule has 0 aromatic heterocycles. The predicted octanol–water partition coefficient (Wildman–Crippen LogP) is 3.27. The lowest BCUT2D eigenvalue weighted by atomic mass is 10.1. The molecule has 2 atom stereocenters. The van der Waals surface area contributed by atoms with Crippen LogP contribution in [0.25, 0.3) is 0 Å². The summed E-state index contributed by atoms with van der Waals surface area (Å²) in [7, 11) is 1.81. The summed E-state index contributed by atoms with van der Waals surface area (Å²) in [6.45, 7) is 11.8. The Labute approximate surface area is 124 Å². The molecule has 2 unspecified atom stereocenters. The van der Waals surface area contributed by atoms with Gasteiger partial charge in [-0.05, 0) is 58.4 Å². The minimum Gasteiger partial charge on any atom is -0.444 e. The quantitative estimate of drug-likeness (QED) is 0.780. The smallest absolute Gasteiger partial charge is 0.410 e. The minimum atomic E-state index is -0.424. The molecule has 1 N–H and O–H groups in total. The first kappa shape index (κ1) is 17.3. The van der Waals surface area contributed by atoms with Gasteiger partial charge in [-0.2, -0.15) is 0 Å². The molecule has 0 aromatic rings. The molecule has 4 nitrogen and oxygen atoms in total. The van der Waals surface area contributed by atoms with Crippen LogP contribution < -0.4 is 5.32 Å². The third kappa shape index (κ3) is 6.60. The number of carbonyl (C=O) groups excluding carboxylic acids is 1. The van der Waals surface area contributed by atoms with E-state index in [1.54, 1.807) is 4.90 Å². The number of nitrogens with zero attached hydrogens (tertiary/aromatic N) is 1. The Balaban J connectivity index is 2.26.